The zero-order valence-corrected chi connectivity index (χ0v) is 8.62. The van der Waals surface area contributed by atoms with Crippen LogP contribution in [-0.2, 0) is 0 Å². The molecule has 0 radical (unpaired) electrons. The van der Waals surface area contributed by atoms with Gasteiger partial charge in [0.2, 0.25) is 0 Å². The molecule has 3 heteroatoms. The van der Waals surface area contributed by atoms with Crippen LogP contribution in [0, 0.1) is 5.92 Å². The van der Waals surface area contributed by atoms with Gasteiger partial charge < -0.3 is 0 Å². The van der Waals surface area contributed by atoms with Crippen LogP contribution in [0.25, 0.3) is 11.4 Å². The lowest BCUT2D eigenvalue weighted by Crippen LogP contribution is -1.94. The van der Waals surface area contributed by atoms with Gasteiger partial charge in [-0.25, -0.2) is 9.37 Å². The third-order valence-electron chi connectivity index (χ3n) is 1.81. The molecule has 0 saturated heterocycles. The molecule has 0 unspecified atom stereocenters. The molecule has 0 spiro atoms. The zero-order valence-electron chi connectivity index (χ0n) is 7.80. The summed E-state index contributed by atoms with van der Waals surface area (Å²) in [5.41, 5.74) is 3.12. The first kappa shape index (κ1) is 10.1. The van der Waals surface area contributed by atoms with Crippen molar-refractivity contribution >= 4 is 22.7 Å². The van der Waals surface area contributed by atoms with Crippen molar-refractivity contribution in [1.82, 2.24) is 4.98 Å². The highest BCUT2D eigenvalue weighted by atomic mass is 32.1. The summed E-state index contributed by atoms with van der Waals surface area (Å²) in [6.07, 6.45) is 0. The van der Waals surface area contributed by atoms with Crippen molar-refractivity contribution in [3.05, 3.63) is 29.2 Å². The molecular formula is C10H12FNS. The van der Waals surface area contributed by atoms with E-state index in [0.29, 0.717) is 10.6 Å². The standard InChI is InChI=1S/C10H12FNS/c1-6(2)7(3)9-10(8(4)11)13-5-12-9/h5-6H,3-4H2,1-2H3. The van der Waals surface area contributed by atoms with Crippen LogP contribution in [0.2, 0.25) is 0 Å². The van der Waals surface area contributed by atoms with Gasteiger partial charge in [-0.3, -0.25) is 0 Å². The van der Waals surface area contributed by atoms with Gasteiger partial charge in [-0.2, -0.15) is 0 Å². The number of thiazole rings is 1. The summed E-state index contributed by atoms with van der Waals surface area (Å²) in [4.78, 5) is 4.58. The van der Waals surface area contributed by atoms with Crippen LogP contribution in [0.15, 0.2) is 18.7 Å². The van der Waals surface area contributed by atoms with Crippen molar-refractivity contribution in [2.45, 2.75) is 13.8 Å². The Kier molecular flexibility index (Phi) is 2.98. The first-order chi connectivity index (χ1) is 6.04. The number of allylic oxidation sites excluding steroid dienone is 1. The molecule has 0 aromatic carbocycles. The van der Waals surface area contributed by atoms with Crippen LogP contribution in [0.3, 0.4) is 0 Å². The van der Waals surface area contributed by atoms with E-state index in [1.165, 1.54) is 11.3 Å². The second-order valence-electron chi connectivity index (χ2n) is 3.11. The van der Waals surface area contributed by atoms with Crippen LogP contribution in [-0.4, -0.2) is 4.98 Å². The number of hydrogen-bond donors (Lipinski definition) is 0. The van der Waals surface area contributed by atoms with Crippen LogP contribution < -0.4 is 0 Å². The van der Waals surface area contributed by atoms with Gasteiger partial charge in [0.05, 0.1) is 16.1 Å². The molecule has 70 valence electrons. The SMILES string of the molecule is C=C(F)c1scnc1C(=C)C(C)C. The summed E-state index contributed by atoms with van der Waals surface area (Å²) in [6.45, 7) is 11.2. The van der Waals surface area contributed by atoms with E-state index in [0.717, 1.165) is 5.57 Å². The lowest BCUT2D eigenvalue weighted by Gasteiger charge is -2.07. The monoisotopic (exact) mass is 197 g/mol. The van der Waals surface area contributed by atoms with Crippen molar-refractivity contribution in [3.8, 4) is 0 Å². The molecule has 0 atom stereocenters. The van der Waals surface area contributed by atoms with Gasteiger partial charge in [-0.1, -0.05) is 27.0 Å². The molecule has 1 rings (SSSR count). The Morgan fingerprint density at radius 2 is 2.15 bits per heavy atom. The van der Waals surface area contributed by atoms with E-state index in [1.807, 2.05) is 13.8 Å². The van der Waals surface area contributed by atoms with Crippen molar-refractivity contribution < 1.29 is 4.39 Å². The molecular weight excluding hydrogens is 185 g/mol. The Morgan fingerprint density at radius 3 is 2.62 bits per heavy atom. The lowest BCUT2D eigenvalue weighted by molar-refractivity contribution is 0.764. The second-order valence-corrected chi connectivity index (χ2v) is 3.97. The zero-order chi connectivity index (χ0) is 10.0. The third kappa shape index (κ3) is 2.04. The predicted molar refractivity (Wildman–Crippen MR) is 56.1 cm³/mol. The minimum absolute atomic E-state index is 0.278. The van der Waals surface area contributed by atoms with Crippen molar-refractivity contribution in [2.24, 2.45) is 5.92 Å². The maximum absolute atomic E-state index is 12.9. The Labute approximate surface area is 81.6 Å². The molecule has 0 aliphatic rings. The van der Waals surface area contributed by atoms with E-state index in [4.69, 9.17) is 0 Å². The molecule has 1 heterocycles. The molecule has 0 aliphatic carbocycles. The highest BCUT2D eigenvalue weighted by molar-refractivity contribution is 7.11. The minimum Gasteiger partial charge on any atom is -0.244 e. The molecule has 0 amide bonds. The summed E-state index contributed by atoms with van der Waals surface area (Å²) < 4.78 is 12.9. The highest BCUT2D eigenvalue weighted by Crippen LogP contribution is 2.30. The van der Waals surface area contributed by atoms with E-state index >= 15 is 0 Å². The molecule has 0 aliphatic heterocycles. The number of aromatic nitrogens is 1. The number of hydrogen-bond acceptors (Lipinski definition) is 2. The smallest absolute Gasteiger partial charge is 0.135 e. The number of halogens is 1. The van der Waals surface area contributed by atoms with Gasteiger partial charge >= 0.3 is 0 Å². The summed E-state index contributed by atoms with van der Waals surface area (Å²) in [6, 6.07) is 0. The van der Waals surface area contributed by atoms with Gasteiger partial charge in [0, 0.05) is 0 Å². The van der Waals surface area contributed by atoms with Crippen molar-refractivity contribution in [2.75, 3.05) is 0 Å². The first-order valence-electron chi connectivity index (χ1n) is 4.01. The summed E-state index contributed by atoms with van der Waals surface area (Å²) in [5.74, 6) is -0.153. The van der Waals surface area contributed by atoms with Gasteiger partial charge in [0.25, 0.3) is 0 Å². The topological polar surface area (TPSA) is 12.9 Å². The Morgan fingerprint density at radius 1 is 1.54 bits per heavy atom. The largest absolute Gasteiger partial charge is 0.244 e. The normalized spacial score (nSPS) is 10.5. The van der Waals surface area contributed by atoms with E-state index in [2.05, 4.69) is 18.1 Å². The fraction of sp³-hybridized carbons (Fsp3) is 0.300. The third-order valence-corrected chi connectivity index (χ3v) is 2.68. The van der Waals surface area contributed by atoms with Crippen molar-refractivity contribution in [1.29, 1.82) is 0 Å². The molecule has 0 fully saturated rings. The Hall–Kier alpha value is -0.960. The van der Waals surface area contributed by atoms with E-state index in [-0.39, 0.29) is 5.92 Å². The minimum atomic E-state index is -0.431. The fourth-order valence-electron chi connectivity index (χ4n) is 0.941. The first-order valence-corrected chi connectivity index (χ1v) is 4.89. The molecule has 0 saturated carbocycles. The summed E-state index contributed by atoms with van der Waals surface area (Å²) in [7, 11) is 0. The fourth-order valence-corrected chi connectivity index (χ4v) is 1.63. The second kappa shape index (κ2) is 3.83. The van der Waals surface area contributed by atoms with Gasteiger partial charge in [-0.05, 0) is 11.5 Å². The maximum atomic E-state index is 12.9. The summed E-state index contributed by atoms with van der Waals surface area (Å²) in [5, 5.41) is 0. The van der Waals surface area contributed by atoms with Crippen LogP contribution >= 0.6 is 11.3 Å². The van der Waals surface area contributed by atoms with E-state index in [9.17, 15) is 4.39 Å². The quantitative estimate of drug-likeness (QED) is 0.719. The van der Waals surface area contributed by atoms with Gasteiger partial charge in [0.15, 0.2) is 0 Å². The summed E-state index contributed by atoms with van der Waals surface area (Å²) >= 11 is 1.26. The average molecular weight is 197 g/mol. The van der Waals surface area contributed by atoms with Crippen LogP contribution in [0.1, 0.15) is 24.4 Å². The number of nitrogens with zero attached hydrogens (tertiary/aromatic N) is 1. The Balaban J connectivity index is 3.08. The molecule has 13 heavy (non-hydrogen) atoms. The highest BCUT2D eigenvalue weighted by Gasteiger charge is 2.14. The van der Waals surface area contributed by atoms with E-state index < -0.39 is 5.83 Å². The maximum Gasteiger partial charge on any atom is 0.135 e. The van der Waals surface area contributed by atoms with Crippen LogP contribution in [0.5, 0.6) is 0 Å². The molecule has 1 aromatic heterocycles. The Bertz CT molecular complexity index is 338. The molecule has 1 nitrogen and oxygen atoms in total. The van der Waals surface area contributed by atoms with Gasteiger partial charge in [-0.15, -0.1) is 11.3 Å². The number of rotatable bonds is 3. The average Bonchev–Trinajstić information content (AvgIpc) is 2.50. The van der Waals surface area contributed by atoms with E-state index in [1.54, 1.807) is 5.51 Å². The lowest BCUT2D eigenvalue weighted by atomic mass is 10.0. The van der Waals surface area contributed by atoms with Crippen LogP contribution in [0.4, 0.5) is 4.39 Å². The molecule has 1 aromatic rings. The predicted octanol–water partition coefficient (Wildman–Crippen LogP) is 3.75. The molecule has 0 N–H and O–H groups in total. The molecule has 0 bridgehead atoms. The van der Waals surface area contributed by atoms with Crippen molar-refractivity contribution in [3.63, 3.8) is 0 Å². The van der Waals surface area contributed by atoms with Gasteiger partial charge in [0.1, 0.15) is 5.83 Å².